The number of hydrogen-bond acceptors (Lipinski definition) is 4. The summed E-state index contributed by atoms with van der Waals surface area (Å²) in [6.45, 7) is 3.06. The van der Waals surface area contributed by atoms with E-state index in [9.17, 15) is 0 Å². The van der Waals surface area contributed by atoms with E-state index >= 15 is 0 Å². The molecule has 1 aromatic rings. The quantitative estimate of drug-likeness (QED) is 0.394. The predicted octanol–water partition coefficient (Wildman–Crippen LogP) is 3.32. The number of thioether (sulfide) groups is 1. The summed E-state index contributed by atoms with van der Waals surface area (Å²) in [6.07, 6.45) is 10.0. The van der Waals surface area contributed by atoms with Gasteiger partial charge in [-0.25, -0.2) is 4.98 Å². The van der Waals surface area contributed by atoms with Crippen molar-refractivity contribution in [2.75, 3.05) is 19.8 Å². The van der Waals surface area contributed by atoms with Crippen LogP contribution in [0.25, 0.3) is 0 Å². The Balaban J connectivity index is 0.00000242. The van der Waals surface area contributed by atoms with Crippen molar-refractivity contribution in [1.82, 2.24) is 15.6 Å². The van der Waals surface area contributed by atoms with E-state index in [-0.39, 0.29) is 24.0 Å². The second-order valence-corrected chi connectivity index (χ2v) is 7.67. The Morgan fingerprint density at radius 1 is 1.50 bits per heavy atom. The number of hydrogen-bond donors (Lipinski definition) is 2. The minimum atomic E-state index is 0. The molecule has 1 aliphatic carbocycles. The summed E-state index contributed by atoms with van der Waals surface area (Å²) in [4.78, 5) is 10.1. The summed E-state index contributed by atoms with van der Waals surface area (Å²) in [5.41, 5.74) is 0. The van der Waals surface area contributed by atoms with Gasteiger partial charge in [-0.2, -0.15) is 11.8 Å². The first-order valence-corrected chi connectivity index (χ1v) is 9.79. The van der Waals surface area contributed by atoms with Crippen LogP contribution in [0.4, 0.5) is 0 Å². The smallest absolute Gasteiger partial charge is 0.191 e. The van der Waals surface area contributed by atoms with Crippen LogP contribution < -0.4 is 10.6 Å². The topological polar surface area (TPSA) is 49.3 Å². The van der Waals surface area contributed by atoms with Gasteiger partial charge in [0, 0.05) is 42.4 Å². The van der Waals surface area contributed by atoms with Crippen molar-refractivity contribution in [3.05, 3.63) is 16.1 Å². The monoisotopic (exact) mass is 454 g/mol. The van der Waals surface area contributed by atoms with E-state index < -0.39 is 0 Å². The number of thiazole rings is 1. The second-order valence-electron chi connectivity index (χ2n) is 5.33. The first-order valence-electron chi connectivity index (χ1n) is 7.68. The van der Waals surface area contributed by atoms with Gasteiger partial charge in [-0.05, 0) is 31.9 Å². The van der Waals surface area contributed by atoms with Gasteiger partial charge in [0.15, 0.2) is 5.96 Å². The molecule has 2 N–H and O–H groups in total. The molecular weight excluding hydrogens is 427 g/mol. The average molecular weight is 454 g/mol. The Bertz CT molecular complexity index is 464. The fraction of sp³-hybridized carbons (Fsp3) is 0.733. The summed E-state index contributed by atoms with van der Waals surface area (Å²) in [6, 6.07) is 0.570. The van der Waals surface area contributed by atoms with E-state index in [2.05, 4.69) is 33.8 Å². The highest BCUT2D eigenvalue weighted by atomic mass is 127. The van der Waals surface area contributed by atoms with Gasteiger partial charge in [-0.3, -0.25) is 4.99 Å². The number of rotatable bonds is 6. The number of nitrogens with one attached hydrogen (secondary N) is 2. The molecule has 126 valence electrons. The lowest BCUT2D eigenvalue weighted by molar-refractivity contribution is 0.614. The van der Waals surface area contributed by atoms with Gasteiger partial charge >= 0.3 is 0 Å². The van der Waals surface area contributed by atoms with Crippen molar-refractivity contribution in [2.45, 2.75) is 50.3 Å². The third kappa shape index (κ3) is 6.23. The fourth-order valence-corrected chi connectivity index (χ4v) is 4.25. The molecule has 2 unspecified atom stereocenters. The van der Waals surface area contributed by atoms with Crippen molar-refractivity contribution in [2.24, 2.45) is 4.99 Å². The molecule has 7 heteroatoms. The van der Waals surface area contributed by atoms with E-state index in [0.717, 1.165) is 30.6 Å². The minimum Gasteiger partial charge on any atom is -0.356 e. The van der Waals surface area contributed by atoms with E-state index in [1.54, 1.807) is 0 Å². The number of aliphatic imine (C=N–C) groups is 1. The van der Waals surface area contributed by atoms with Crippen molar-refractivity contribution < 1.29 is 0 Å². The van der Waals surface area contributed by atoms with Gasteiger partial charge in [-0.1, -0.05) is 6.92 Å². The van der Waals surface area contributed by atoms with Crippen LogP contribution in [0.5, 0.6) is 0 Å². The van der Waals surface area contributed by atoms with Crippen molar-refractivity contribution in [3.8, 4) is 0 Å². The molecule has 0 aliphatic heterocycles. The molecule has 22 heavy (non-hydrogen) atoms. The summed E-state index contributed by atoms with van der Waals surface area (Å²) in [7, 11) is 1.84. The predicted molar refractivity (Wildman–Crippen MR) is 110 cm³/mol. The van der Waals surface area contributed by atoms with Crippen molar-refractivity contribution >= 4 is 53.0 Å². The van der Waals surface area contributed by atoms with Crippen LogP contribution in [0.2, 0.25) is 0 Å². The zero-order valence-corrected chi connectivity index (χ0v) is 17.6. The maximum atomic E-state index is 4.45. The van der Waals surface area contributed by atoms with Crippen molar-refractivity contribution in [1.29, 1.82) is 0 Å². The molecule has 0 spiro atoms. The SMILES string of the molecule is CCc1cnc(CCNC(=NC)NC2CCC(SC)C2)s1.I. The molecular formula is C15H27IN4S2. The second kappa shape index (κ2) is 10.7. The Morgan fingerprint density at radius 3 is 2.91 bits per heavy atom. The lowest BCUT2D eigenvalue weighted by Crippen LogP contribution is -2.43. The van der Waals surface area contributed by atoms with Gasteiger partial charge in [-0.15, -0.1) is 35.3 Å². The highest BCUT2D eigenvalue weighted by Gasteiger charge is 2.24. The van der Waals surface area contributed by atoms with Crippen LogP contribution in [0.3, 0.4) is 0 Å². The Labute approximate surface area is 159 Å². The summed E-state index contributed by atoms with van der Waals surface area (Å²) >= 11 is 3.80. The van der Waals surface area contributed by atoms with Crippen LogP contribution in [0, 0.1) is 0 Å². The third-order valence-corrected chi connectivity index (χ3v) is 6.16. The standard InChI is InChI=1S/C15H26N4S2.HI/c1-4-12-10-18-14(21-12)7-8-17-15(16-2)19-11-5-6-13(9-11)20-3;/h10-11,13H,4-9H2,1-3H3,(H2,16,17,19);1H. The van der Waals surface area contributed by atoms with Crippen LogP contribution >= 0.6 is 47.1 Å². The van der Waals surface area contributed by atoms with Crippen LogP contribution in [0.15, 0.2) is 11.2 Å². The minimum absolute atomic E-state index is 0. The number of halogens is 1. The molecule has 1 fully saturated rings. The summed E-state index contributed by atoms with van der Waals surface area (Å²) in [5.74, 6) is 0.925. The van der Waals surface area contributed by atoms with Crippen LogP contribution in [-0.2, 0) is 12.8 Å². The normalized spacial score (nSPS) is 21.5. The Kier molecular flexibility index (Phi) is 9.74. The van der Waals surface area contributed by atoms with Crippen LogP contribution in [-0.4, -0.2) is 42.1 Å². The van der Waals surface area contributed by atoms with Gasteiger partial charge < -0.3 is 10.6 Å². The lowest BCUT2D eigenvalue weighted by atomic mass is 10.2. The molecule has 1 saturated carbocycles. The molecule has 1 aliphatic rings. The first kappa shape index (κ1) is 20.0. The summed E-state index contributed by atoms with van der Waals surface area (Å²) < 4.78 is 0. The lowest BCUT2D eigenvalue weighted by Gasteiger charge is -2.17. The Morgan fingerprint density at radius 2 is 2.32 bits per heavy atom. The number of aryl methyl sites for hydroxylation is 1. The molecule has 1 aromatic heterocycles. The molecule has 0 aromatic carbocycles. The van der Waals surface area contributed by atoms with Gasteiger partial charge in [0.2, 0.25) is 0 Å². The molecule has 4 nitrogen and oxygen atoms in total. The number of nitrogens with zero attached hydrogens (tertiary/aromatic N) is 2. The number of guanidine groups is 1. The molecule has 0 bridgehead atoms. The molecule has 1 heterocycles. The summed E-state index contributed by atoms with van der Waals surface area (Å²) in [5, 5.41) is 8.96. The first-order chi connectivity index (χ1) is 10.2. The van der Waals surface area contributed by atoms with E-state index in [1.807, 2.05) is 36.3 Å². The molecule has 0 saturated heterocycles. The third-order valence-electron chi connectivity index (χ3n) is 3.86. The average Bonchev–Trinajstić information content (AvgIpc) is 3.15. The molecule has 2 atom stereocenters. The maximum Gasteiger partial charge on any atom is 0.191 e. The largest absolute Gasteiger partial charge is 0.356 e. The number of aromatic nitrogens is 1. The van der Waals surface area contributed by atoms with Crippen molar-refractivity contribution in [3.63, 3.8) is 0 Å². The molecule has 0 amide bonds. The highest BCUT2D eigenvalue weighted by Crippen LogP contribution is 2.27. The fourth-order valence-electron chi connectivity index (χ4n) is 2.59. The van der Waals surface area contributed by atoms with Crippen LogP contribution in [0.1, 0.15) is 36.1 Å². The van der Waals surface area contributed by atoms with Gasteiger partial charge in [0.25, 0.3) is 0 Å². The molecule has 2 rings (SSSR count). The van der Waals surface area contributed by atoms with E-state index in [0.29, 0.717) is 6.04 Å². The van der Waals surface area contributed by atoms with E-state index in [1.165, 1.54) is 29.1 Å². The zero-order chi connectivity index (χ0) is 15.1. The molecule has 0 radical (unpaired) electrons. The zero-order valence-electron chi connectivity index (χ0n) is 13.6. The van der Waals surface area contributed by atoms with E-state index in [4.69, 9.17) is 0 Å². The Hall–Kier alpha value is -0.0200. The van der Waals surface area contributed by atoms with Gasteiger partial charge in [0.1, 0.15) is 0 Å². The highest BCUT2D eigenvalue weighted by molar-refractivity contribution is 14.0. The maximum absolute atomic E-state index is 4.45. The van der Waals surface area contributed by atoms with Gasteiger partial charge in [0.05, 0.1) is 5.01 Å².